The second-order valence-corrected chi connectivity index (χ2v) is 4.97. The fraction of sp³-hybridized carbons (Fsp3) is 0.467. The van der Waals surface area contributed by atoms with Gasteiger partial charge in [0.15, 0.2) is 12.7 Å². The molecule has 1 atom stereocenters. The summed E-state index contributed by atoms with van der Waals surface area (Å²) >= 11 is 0. The molecule has 0 fully saturated rings. The van der Waals surface area contributed by atoms with Crippen LogP contribution in [0, 0.1) is 0 Å². The maximum absolute atomic E-state index is 11.6. The van der Waals surface area contributed by atoms with Gasteiger partial charge in [0.2, 0.25) is 0 Å². The Morgan fingerprint density at radius 3 is 2.57 bits per heavy atom. The molecule has 0 spiro atoms. The summed E-state index contributed by atoms with van der Waals surface area (Å²) in [5.41, 5.74) is 1.02. The lowest BCUT2D eigenvalue weighted by Crippen LogP contribution is -2.33. The Kier molecular flexibility index (Phi) is 6.68. The smallest absolute Gasteiger partial charge is 0.332 e. The van der Waals surface area contributed by atoms with Gasteiger partial charge < -0.3 is 20.3 Å². The van der Waals surface area contributed by atoms with Crippen molar-refractivity contribution in [3.05, 3.63) is 29.8 Å². The standard InChI is InChI=1S/C15H21NO5/c1-10(2)11-5-3-4-6-13(11)21-9-14(18)16-8-7-12(17)15(19)20/h3-6,10,12,17H,7-9H2,1-2H3,(H,16,18)(H,19,20). The summed E-state index contributed by atoms with van der Waals surface area (Å²) in [6, 6.07) is 7.50. The molecule has 0 aliphatic rings. The number of ether oxygens (including phenoxy) is 1. The molecule has 1 aromatic carbocycles. The van der Waals surface area contributed by atoms with Crippen LogP contribution in [0.2, 0.25) is 0 Å². The second-order valence-electron chi connectivity index (χ2n) is 4.97. The number of carboxylic acid groups (broad SMARTS) is 1. The Morgan fingerprint density at radius 2 is 1.95 bits per heavy atom. The molecule has 0 heterocycles. The lowest BCUT2D eigenvalue weighted by atomic mass is 10.0. The van der Waals surface area contributed by atoms with Crippen LogP contribution >= 0.6 is 0 Å². The van der Waals surface area contributed by atoms with Crippen molar-refractivity contribution in [2.75, 3.05) is 13.2 Å². The van der Waals surface area contributed by atoms with E-state index in [2.05, 4.69) is 5.32 Å². The summed E-state index contributed by atoms with van der Waals surface area (Å²) in [6.07, 6.45) is -1.50. The highest BCUT2D eigenvalue weighted by Gasteiger charge is 2.13. The quantitative estimate of drug-likeness (QED) is 0.668. The summed E-state index contributed by atoms with van der Waals surface area (Å²) in [5, 5.41) is 20.1. The number of amides is 1. The van der Waals surface area contributed by atoms with E-state index >= 15 is 0 Å². The highest BCUT2D eigenvalue weighted by Crippen LogP contribution is 2.25. The first-order valence-corrected chi connectivity index (χ1v) is 6.81. The Bertz CT molecular complexity index is 487. The number of benzene rings is 1. The molecule has 6 heteroatoms. The first-order valence-electron chi connectivity index (χ1n) is 6.81. The number of nitrogens with one attached hydrogen (secondary N) is 1. The first-order chi connectivity index (χ1) is 9.91. The number of hydrogen-bond donors (Lipinski definition) is 3. The van der Waals surface area contributed by atoms with E-state index in [4.69, 9.17) is 14.9 Å². The number of carboxylic acids is 1. The number of carbonyl (C=O) groups excluding carboxylic acids is 1. The highest BCUT2D eigenvalue weighted by molar-refractivity contribution is 5.77. The van der Waals surface area contributed by atoms with Crippen LogP contribution in [-0.2, 0) is 9.59 Å². The van der Waals surface area contributed by atoms with Crippen molar-refractivity contribution in [1.29, 1.82) is 0 Å². The summed E-state index contributed by atoms with van der Waals surface area (Å²) < 4.78 is 5.47. The van der Waals surface area contributed by atoms with Crippen LogP contribution in [-0.4, -0.2) is 41.3 Å². The molecule has 6 nitrogen and oxygen atoms in total. The van der Waals surface area contributed by atoms with Crippen molar-refractivity contribution < 1.29 is 24.5 Å². The summed E-state index contributed by atoms with van der Waals surface area (Å²) in [4.78, 5) is 22.0. The van der Waals surface area contributed by atoms with Crippen LogP contribution < -0.4 is 10.1 Å². The van der Waals surface area contributed by atoms with Crippen LogP contribution in [0.4, 0.5) is 0 Å². The van der Waals surface area contributed by atoms with Crippen LogP contribution in [0.25, 0.3) is 0 Å². The lowest BCUT2D eigenvalue weighted by Gasteiger charge is -2.13. The SMILES string of the molecule is CC(C)c1ccccc1OCC(=O)NCCC(O)C(=O)O. The lowest BCUT2D eigenvalue weighted by molar-refractivity contribution is -0.147. The number of carbonyl (C=O) groups is 2. The molecule has 0 saturated carbocycles. The van der Waals surface area contributed by atoms with E-state index in [0.29, 0.717) is 5.75 Å². The second kappa shape index (κ2) is 8.26. The number of hydrogen-bond acceptors (Lipinski definition) is 4. The molecular weight excluding hydrogens is 274 g/mol. The van der Waals surface area contributed by atoms with E-state index in [1.165, 1.54) is 0 Å². The maximum atomic E-state index is 11.6. The zero-order chi connectivity index (χ0) is 15.8. The molecular formula is C15H21NO5. The van der Waals surface area contributed by atoms with Gasteiger partial charge in [0.05, 0.1) is 0 Å². The molecule has 0 radical (unpaired) electrons. The van der Waals surface area contributed by atoms with Gasteiger partial charge in [-0.1, -0.05) is 32.0 Å². The van der Waals surface area contributed by atoms with Gasteiger partial charge in [0.25, 0.3) is 5.91 Å². The Labute approximate surface area is 123 Å². The van der Waals surface area contributed by atoms with Crippen molar-refractivity contribution in [3.8, 4) is 5.75 Å². The largest absolute Gasteiger partial charge is 0.483 e. The summed E-state index contributed by atoms with van der Waals surface area (Å²) in [6.45, 7) is 4.01. The zero-order valence-corrected chi connectivity index (χ0v) is 12.2. The van der Waals surface area contributed by atoms with Gasteiger partial charge >= 0.3 is 5.97 Å². The van der Waals surface area contributed by atoms with E-state index in [9.17, 15) is 9.59 Å². The maximum Gasteiger partial charge on any atom is 0.332 e. The van der Waals surface area contributed by atoms with Crippen LogP contribution in [0.5, 0.6) is 5.75 Å². The molecule has 116 valence electrons. The van der Waals surface area contributed by atoms with Crippen molar-refractivity contribution in [2.45, 2.75) is 32.3 Å². The minimum absolute atomic E-state index is 0.0380. The molecule has 3 N–H and O–H groups in total. The van der Waals surface area contributed by atoms with Crippen molar-refractivity contribution in [2.24, 2.45) is 0 Å². The number of aliphatic carboxylic acids is 1. The Hall–Kier alpha value is -2.08. The Balaban J connectivity index is 2.38. The molecule has 0 aromatic heterocycles. The number of aliphatic hydroxyl groups excluding tert-OH is 1. The highest BCUT2D eigenvalue weighted by atomic mass is 16.5. The topological polar surface area (TPSA) is 95.9 Å². The molecule has 1 unspecified atom stereocenters. The molecule has 0 aliphatic heterocycles. The number of para-hydroxylation sites is 1. The van der Waals surface area contributed by atoms with Crippen molar-refractivity contribution in [1.82, 2.24) is 5.32 Å². The minimum atomic E-state index is -1.46. The van der Waals surface area contributed by atoms with Crippen molar-refractivity contribution in [3.63, 3.8) is 0 Å². The molecule has 21 heavy (non-hydrogen) atoms. The minimum Gasteiger partial charge on any atom is -0.483 e. The molecule has 1 aromatic rings. The summed E-state index contributed by atoms with van der Waals surface area (Å²) in [5.74, 6) is -0.708. The van der Waals surface area contributed by atoms with Crippen LogP contribution in [0.1, 0.15) is 31.7 Å². The first kappa shape index (κ1) is 17.0. The zero-order valence-electron chi connectivity index (χ0n) is 12.2. The van der Waals surface area contributed by atoms with Crippen molar-refractivity contribution >= 4 is 11.9 Å². The third kappa shape index (κ3) is 5.83. The molecule has 0 aliphatic carbocycles. The normalized spacial score (nSPS) is 12.0. The van der Waals surface area contributed by atoms with Gasteiger partial charge in [-0.2, -0.15) is 0 Å². The van der Waals surface area contributed by atoms with E-state index in [1.54, 1.807) is 6.07 Å². The number of rotatable bonds is 8. The van der Waals surface area contributed by atoms with E-state index < -0.39 is 12.1 Å². The van der Waals surface area contributed by atoms with E-state index in [-0.39, 0.29) is 31.4 Å². The third-order valence-corrected chi connectivity index (χ3v) is 2.92. The number of aliphatic hydroxyl groups is 1. The molecule has 0 bridgehead atoms. The van der Waals surface area contributed by atoms with Crippen LogP contribution in [0.3, 0.4) is 0 Å². The van der Waals surface area contributed by atoms with Gasteiger partial charge in [0.1, 0.15) is 5.75 Å². The van der Waals surface area contributed by atoms with Gasteiger partial charge in [-0.3, -0.25) is 4.79 Å². The molecule has 0 saturated heterocycles. The third-order valence-electron chi connectivity index (χ3n) is 2.92. The fourth-order valence-corrected chi connectivity index (χ4v) is 1.76. The predicted molar refractivity (Wildman–Crippen MR) is 77.3 cm³/mol. The van der Waals surface area contributed by atoms with E-state index in [0.717, 1.165) is 5.56 Å². The van der Waals surface area contributed by atoms with Gasteiger partial charge in [0, 0.05) is 13.0 Å². The predicted octanol–water partition coefficient (Wildman–Crippen LogP) is 1.14. The summed E-state index contributed by atoms with van der Waals surface area (Å²) in [7, 11) is 0. The monoisotopic (exact) mass is 295 g/mol. The van der Waals surface area contributed by atoms with Crippen LogP contribution in [0.15, 0.2) is 24.3 Å². The van der Waals surface area contributed by atoms with Gasteiger partial charge in [-0.25, -0.2) is 4.79 Å². The average Bonchev–Trinajstić information content (AvgIpc) is 2.45. The molecule has 1 amide bonds. The average molecular weight is 295 g/mol. The fourth-order valence-electron chi connectivity index (χ4n) is 1.76. The van der Waals surface area contributed by atoms with Gasteiger partial charge in [-0.15, -0.1) is 0 Å². The molecule has 1 rings (SSSR count). The van der Waals surface area contributed by atoms with Gasteiger partial charge in [-0.05, 0) is 17.5 Å². The van der Waals surface area contributed by atoms with E-state index in [1.807, 2.05) is 32.0 Å². The Morgan fingerprint density at radius 1 is 1.29 bits per heavy atom.